The van der Waals surface area contributed by atoms with Gasteiger partial charge in [0.15, 0.2) is 10.6 Å². The summed E-state index contributed by atoms with van der Waals surface area (Å²) in [6, 6.07) is -0.893. The van der Waals surface area contributed by atoms with Gasteiger partial charge in [-0.15, -0.1) is 34.7 Å². The molecule has 14 heteroatoms. The van der Waals surface area contributed by atoms with E-state index in [0.717, 1.165) is 11.8 Å². The van der Waals surface area contributed by atoms with Crippen LogP contribution in [0.25, 0.3) is 0 Å². The molecule has 0 spiro atoms. The number of carbonyl (C=O) groups excluding carboxylic acids is 2. The second-order valence-corrected chi connectivity index (χ2v) is 8.42. The number of nitrogens with one attached hydrogen (secondary N) is 1. The number of aromatic nitrogens is 1. The number of nitrogens with zero attached hydrogens (tertiary/aromatic N) is 3. The summed E-state index contributed by atoms with van der Waals surface area (Å²) in [6.07, 6.45) is 0. The molecule has 3 N–H and O–H groups in total. The lowest BCUT2D eigenvalue weighted by molar-refractivity contribution is -0.151. The topological polar surface area (TPSA) is 158 Å². The quantitative estimate of drug-likeness (QED) is 0.214. The number of thioether (sulfide) groups is 1. The first kappa shape index (κ1) is 20.4. The predicted octanol–water partition coefficient (Wildman–Crippen LogP) is -0.589. The number of aliphatic carboxylic acids is 2. The van der Waals surface area contributed by atoms with E-state index < -0.39 is 46.6 Å². The van der Waals surface area contributed by atoms with Crippen molar-refractivity contribution in [3.8, 4) is 0 Å². The lowest BCUT2D eigenvalue weighted by Gasteiger charge is -2.52. The van der Waals surface area contributed by atoms with E-state index in [9.17, 15) is 24.3 Å². The number of hydrogen-bond donors (Lipinski definition) is 3. The van der Waals surface area contributed by atoms with E-state index in [1.54, 1.807) is 0 Å². The highest BCUT2D eigenvalue weighted by atomic mass is 35.5. The first-order chi connectivity index (χ1) is 13.2. The van der Waals surface area contributed by atoms with Gasteiger partial charge in [-0.2, -0.15) is 0 Å². The molecule has 0 aromatic carbocycles. The van der Waals surface area contributed by atoms with E-state index in [1.807, 2.05) is 0 Å². The molecule has 2 saturated heterocycles. The third-order valence-corrected chi connectivity index (χ3v) is 6.64. The Morgan fingerprint density at radius 3 is 2.82 bits per heavy atom. The van der Waals surface area contributed by atoms with Crippen LogP contribution in [0.15, 0.2) is 16.0 Å². The molecule has 0 radical (unpaired) electrons. The Morgan fingerprint density at radius 2 is 2.21 bits per heavy atom. The van der Waals surface area contributed by atoms with Gasteiger partial charge in [-0.1, -0.05) is 5.16 Å². The van der Waals surface area contributed by atoms with Crippen LogP contribution in [0.3, 0.4) is 0 Å². The monoisotopic (exact) mass is 448 g/mol. The number of halogens is 1. The lowest BCUT2D eigenvalue weighted by Crippen LogP contribution is -2.74. The standard InChI is InChI=1S/C14H13ClN4O7S2/c15-14(13(24)25)3-19-11(23)9(12(19)28-4-14)17-10(22)8(6-2-27-5-16-6)18-26-1-7(20)21/h2,5,9,12H,1,3-4H2,(H,17,22)(H,20,21)(H,24,25)/t9?,12-,14?/m1/s1. The van der Waals surface area contributed by atoms with E-state index in [4.69, 9.17) is 16.7 Å². The minimum atomic E-state index is -1.57. The minimum Gasteiger partial charge on any atom is -0.480 e. The maximum Gasteiger partial charge on any atom is 0.344 e. The van der Waals surface area contributed by atoms with E-state index in [-0.39, 0.29) is 23.7 Å². The van der Waals surface area contributed by atoms with E-state index in [1.165, 1.54) is 27.1 Å². The number of alkyl halides is 1. The molecule has 28 heavy (non-hydrogen) atoms. The first-order valence-electron chi connectivity index (χ1n) is 7.68. The Bertz CT molecular complexity index is 849. The molecule has 2 unspecified atom stereocenters. The summed E-state index contributed by atoms with van der Waals surface area (Å²) in [5, 5.41) is 24.9. The van der Waals surface area contributed by atoms with Crippen molar-refractivity contribution in [3.05, 3.63) is 16.6 Å². The first-order valence-corrected chi connectivity index (χ1v) is 10.1. The molecule has 2 fully saturated rings. The molecule has 0 bridgehead atoms. The molecule has 3 heterocycles. The number of oxime groups is 1. The molecule has 2 aliphatic heterocycles. The number of carboxylic acid groups (broad SMARTS) is 2. The Balaban J connectivity index is 1.69. The molecular weight excluding hydrogens is 436 g/mol. The molecule has 3 rings (SSSR count). The smallest absolute Gasteiger partial charge is 0.344 e. The van der Waals surface area contributed by atoms with Crippen LogP contribution in [0.4, 0.5) is 0 Å². The number of fused-ring (bicyclic) bond motifs is 1. The van der Waals surface area contributed by atoms with Crippen molar-refractivity contribution in [1.29, 1.82) is 0 Å². The molecule has 1 aromatic rings. The van der Waals surface area contributed by atoms with E-state index in [2.05, 4.69) is 20.3 Å². The van der Waals surface area contributed by atoms with Gasteiger partial charge in [-0.25, -0.2) is 9.78 Å². The molecule has 2 amide bonds. The van der Waals surface area contributed by atoms with Crippen molar-refractivity contribution < 1.29 is 34.2 Å². The maximum absolute atomic E-state index is 12.6. The maximum atomic E-state index is 12.6. The molecular formula is C14H13ClN4O7S2. The average molecular weight is 449 g/mol. The van der Waals surface area contributed by atoms with Gasteiger partial charge in [0.2, 0.25) is 12.5 Å². The third-order valence-electron chi connectivity index (χ3n) is 3.95. The molecule has 2 aliphatic rings. The molecule has 11 nitrogen and oxygen atoms in total. The van der Waals surface area contributed by atoms with Crippen LogP contribution in [0.5, 0.6) is 0 Å². The van der Waals surface area contributed by atoms with Crippen molar-refractivity contribution in [3.63, 3.8) is 0 Å². The van der Waals surface area contributed by atoms with Crippen molar-refractivity contribution in [2.24, 2.45) is 5.16 Å². The summed E-state index contributed by atoms with van der Waals surface area (Å²) in [4.78, 5) is 55.0. The second-order valence-electron chi connectivity index (χ2n) is 5.87. The number of amides is 2. The fraction of sp³-hybridized carbons (Fsp3) is 0.429. The average Bonchev–Trinajstić information content (AvgIpc) is 3.17. The van der Waals surface area contributed by atoms with Gasteiger partial charge in [0.1, 0.15) is 17.1 Å². The molecule has 150 valence electrons. The van der Waals surface area contributed by atoms with Crippen molar-refractivity contribution >= 4 is 64.2 Å². The normalized spacial score (nSPS) is 26.8. The van der Waals surface area contributed by atoms with Gasteiger partial charge in [-0.3, -0.25) is 14.4 Å². The van der Waals surface area contributed by atoms with Gasteiger partial charge < -0.3 is 25.3 Å². The van der Waals surface area contributed by atoms with Crippen molar-refractivity contribution in [2.75, 3.05) is 18.9 Å². The van der Waals surface area contributed by atoms with Crippen molar-refractivity contribution in [2.45, 2.75) is 16.3 Å². The molecule has 0 aliphatic carbocycles. The van der Waals surface area contributed by atoms with Crippen molar-refractivity contribution in [1.82, 2.24) is 15.2 Å². The van der Waals surface area contributed by atoms with Crippen LogP contribution < -0.4 is 5.32 Å². The van der Waals surface area contributed by atoms with Crippen LogP contribution in [-0.4, -0.2) is 84.8 Å². The fourth-order valence-electron chi connectivity index (χ4n) is 2.57. The summed E-state index contributed by atoms with van der Waals surface area (Å²) < 4.78 is 0. The fourth-order valence-corrected chi connectivity index (χ4v) is 4.81. The molecule has 3 atom stereocenters. The minimum absolute atomic E-state index is 0.0689. The summed E-state index contributed by atoms with van der Waals surface area (Å²) in [5.74, 6) is -3.65. The number of rotatable bonds is 7. The Labute approximate surface area is 170 Å². The second kappa shape index (κ2) is 7.93. The van der Waals surface area contributed by atoms with Crippen LogP contribution in [-0.2, 0) is 24.0 Å². The van der Waals surface area contributed by atoms with Gasteiger partial charge in [0.25, 0.3) is 5.91 Å². The highest BCUT2D eigenvalue weighted by molar-refractivity contribution is 8.00. The predicted molar refractivity (Wildman–Crippen MR) is 98.3 cm³/mol. The lowest BCUT2D eigenvalue weighted by atomic mass is 10.0. The molecule has 1 aromatic heterocycles. The highest BCUT2D eigenvalue weighted by Crippen LogP contribution is 2.40. The zero-order chi connectivity index (χ0) is 20.5. The Hall–Kier alpha value is -2.38. The summed E-state index contributed by atoms with van der Waals surface area (Å²) in [6.45, 7) is -0.913. The summed E-state index contributed by atoms with van der Waals surface area (Å²) in [7, 11) is 0. The van der Waals surface area contributed by atoms with Gasteiger partial charge in [-0.05, 0) is 0 Å². The van der Waals surface area contributed by atoms with Crippen LogP contribution in [0.2, 0.25) is 0 Å². The number of hydrogen-bond acceptors (Lipinski definition) is 9. The largest absolute Gasteiger partial charge is 0.480 e. The summed E-state index contributed by atoms with van der Waals surface area (Å²) in [5.41, 5.74) is 1.35. The third kappa shape index (κ3) is 3.91. The number of carboxylic acids is 2. The van der Waals surface area contributed by atoms with E-state index >= 15 is 0 Å². The van der Waals surface area contributed by atoms with E-state index in [0.29, 0.717) is 0 Å². The highest BCUT2D eigenvalue weighted by Gasteiger charge is 2.57. The Morgan fingerprint density at radius 1 is 1.46 bits per heavy atom. The molecule has 0 saturated carbocycles. The SMILES string of the molecule is O=C(O)CON=C(C(=O)NC1C(=O)N2CC(Cl)(C(=O)O)CS[C@H]12)c1cscn1. The van der Waals surface area contributed by atoms with Crippen LogP contribution >= 0.6 is 34.7 Å². The zero-order valence-electron chi connectivity index (χ0n) is 13.9. The van der Waals surface area contributed by atoms with Gasteiger partial charge >= 0.3 is 11.9 Å². The number of β-lactam (4-membered cyclic amide) rings is 1. The summed E-state index contributed by atoms with van der Waals surface area (Å²) >= 11 is 8.37. The number of thiazole rings is 1. The van der Waals surface area contributed by atoms with Crippen LogP contribution in [0.1, 0.15) is 5.69 Å². The Kier molecular flexibility index (Phi) is 5.76. The van der Waals surface area contributed by atoms with Gasteiger partial charge in [0, 0.05) is 11.1 Å². The zero-order valence-corrected chi connectivity index (χ0v) is 16.3. The van der Waals surface area contributed by atoms with Gasteiger partial charge in [0.05, 0.1) is 12.1 Å². The number of carbonyl (C=O) groups is 4. The van der Waals surface area contributed by atoms with Crippen LogP contribution in [0, 0.1) is 0 Å².